The predicted octanol–water partition coefficient (Wildman–Crippen LogP) is 3.89. The Bertz CT molecular complexity index is 414. The number of aryl methyl sites for hydroxylation is 1. The predicted molar refractivity (Wildman–Crippen MR) is 78.7 cm³/mol. The van der Waals surface area contributed by atoms with Crippen molar-refractivity contribution in [3.63, 3.8) is 0 Å². The molecule has 1 aliphatic rings. The highest BCUT2D eigenvalue weighted by Gasteiger charge is 2.31. The van der Waals surface area contributed by atoms with Crippen molar-refractivity contribution in [1.82, 2.24) is 0 Å². The molecular weight excluding hydrogens is 236 g/mol. The summed E-state index contributed by atoms with van der Waals surface area (Å²) in [5.41, 5.74) is 2.15. The van der Waals surface area contributed by atoms with Gasteiger partial charge in [0.25, 0.3) is 0 Å². The van der Waals surface area contributed by atoms with Gasteiger partial charge < -0.3 is 9.84 Å². The van der Waals surface area contributed by atoms with Crippen molar-refractivity contribution >= 4 is 0 Å². The summed E-state index contributed by atoms with van der Waals surface area (Å²) >= 11 is 0. The lowest BCUT2D eigenvalue weighted by atomic mass is 9.77. The van der Waals surface area contributed by atoms with Crippen LogP contribution < -0.4 is 4.74 Å². The van der Waals surface area contributed by atoms with Crippen LogP contribution in [0.25, 0.3) is 0 Å². The van der Waals surface area contributed by atoms with Crippen molar-refractivity contribution in [1.29, 1.82) is 0 Å². The van der Waals surface area contributed by atoms with Crippen LogP contribution in [0.5, 0.6) is 5.75 Å². The van der Waals surface area contributed by atoms with Gasteiger partial charge in [-0.1, -0.05) is 38.7 Å². The average molecular weight is 262 g/mol. The van der Waals surface area contributed by atoms with Crippen LogP contribution >= 0.6 is 0 Å². The highest BCUT2D eigenvalue weighted by atomic mass is 16.5. The molecule has 0 saturated carbocycles. The van der Waals surface area contributed by atoms with Gasteiger partial charge in [-0.05, 0) is 42.5 Å². The number of hydrogen-bond acceptors (Lipinski definition) is 2. The van der Waals surface area contributed by atoms with Crippen LogP contribution in [0.4, 0.5) is 0 Å². The summed E-state index contributed by atoms with van der Waals surface area (Å²) in [4.78, 5) is 0. The van der Waals surface area contributed by atoms with Gasteiger partial charge in [-0.25, -0.2) is 0 Å². The van der Waals surface area contributed by atoms with E-state index < -0.39 is 5.60 Å². The van der Waals surface area contributed by atoms with E-state index in [0.717, 1.165) is 37.9 Å². The smallest absolute Gasteiger partial charge is 0.119 e. The van der Waals surface area contributed by atoms with E-state index in [1.54, 1.807) is 7.11 Å². The molecule has 0 fully saturated rings. The lowest BCUT2D eigenvalue weighted by Crippen LogP contribution is -2.35. The number of fused-ring (bicyclic) bond motifs is 1. The van der Waals surface area contributed by atoms with Crippen LogP contribution in [-0.4, -0.2) is 17.8 Å². The van der Waals surface area contributed by atoms with Gasteiger partial charge in [-0.3, -0.25) is 0 Å². The molecule has 1 aliphatic carbocycles. The van der Waals surface area contributed by atoms with Gasteiger partial charge in [0, 0.05) is 6.42 Å². The average Bonchev–Trinajstić information content (AvgIpc) is 2.43. The molecule has 0 aliphatic heterocycles. The third-order valence-electron chi connectivity index (χ3n) is 4.29. The second kappa shape index (κ2) is 6.42. The van der Waals surface area contributed by atoms with Gasteiger partial charge in [0.05, 0.1) is 12.7 Å². The van der Waals surface area contributed by atoms with Crippen LogP contribution in [0, 0.1) is 0 Å². The highest BCUT2D eigenvalue weighted by Crippen LogP contribution is 2.34. The van der Waals surface area contributed by atoms with E-state index in [0.29, 0.717) is 0 Å². The summed E-state index contributed by atoms with van der Waals surface area (Å²) in [5.74, 6) is 0.897. The molecular formula is C17H26O2. The van der Waals surface area contributed by atoms with Gasteiger partial charge in [0.1, 0.15) is 5.75 Å². The Morgan fingerprint density at radius 2 is 2.05 bits per heavy atom. The number of methoxy groups -OCH3 is 1. The molecule has 1 atom stereocenters. The zero-order valence-electron chi connectivity index (χ0n) is 12.2. The summed E-state index contributed by atoms with van der Waals surface area (Å²) in [6, 6.07) is 6.25. The molecule has 0 saturated heterocycles. The standard InChI is InChI=1S/C17H26O2/c1-3-4-5-6-10-17(18)11-9-14-7-8-16(19-2)12-15(14)13-17/h7-8,12,18H,3-6,9-11,13H2,1-2H3. The minimum absolute atomic E-state index is 0.493. The maximum absolute atomic E-state index is 10.7. The molecule has 1 N–H and O–H groups in total. The maximum Gasteiger partial charge on any atom is 0.119 e. The molecule has 1 aromatic rings. The number of ether oxygens (including phenoxy) is 1. The van der Waals surface area contributed by atoms with Gasteiger partial charge in [0.15, 0.2) is 0 Å². The van der Waals surface area contributed by atoms with Crippen molar-refractivity contribution in [2.75, 3.05) is 7.11 Å². The molecule has 0 heterocycles. The summed E-state index contributed by atoms with van der Waals surface area (Å²) in [6.45, 7) is 2.22. The van der Waals surface area contributed by atoms with Crippen LogP contribution in [0.2, 0.25) is 0 Å². The molecule has 1 unspecified atom stereocenters. The van der Waals surface area contributed by atoms with Crippen LogP contribution in [0.1, 0.15) is 56.6 Å². The summed E-state index contributed by atoms with van der Waals surface area (Å²) in [7, 11) is 1.70. The van der Waals surface area contributed by atoms with E-state index in [4.69, 9.17) is 4.74 Å². The molecule has 106 valence electrons. The number of unbranched alkanes of at least 4 members (excludes halogenated alkanes) is 3. The Balaban J connectivity index is 1.99. The first-order valence-corrected chi connectivity index (χ1v) is 7.55. The SMILES string of the molecule is CCCCCCC1(O)CCc2ccc(OC)cc2C1. The van der Waals surface area contributed by atoms with E-state index in [2.05, 4.69) is 19.1 Å². The normalized spacial score (nSPS) is 22.1. The fourth-order valence-electron chi connectivity index (χ4n) is 3.04. The number of benzene rings is 1. The van der Waals surface area contributed by atoms with Crippen molar-refractivity contribution in [2.24, 2.45) is 0 Å². The zero-order chi connectivity index (χ0) is 13.7. The van der Waals surface area contributed by atoms with E-state index in [-0.39, 0.29) is 0 Å². The van der Waals surface area contributed by atoms with Gasteiger partial charge in [0.2, 0.25) is 0 Å². The molecule has 0 bridgehead atoms. The fourth-order valence-corrected chi connectivity index (χ4v) is 3.04. The summed E-state index contributed by atoms with van der Waals surface area (Å²) in [5, 5.41) is 10.7. The lowest BCUT2D eigenvalue weighted by molar-refractivity contribution is 0.0154. The van der Waals surface area contributed by atoms with Crippen molar-refractivity contribution in [2.45, 2.75) is 63.9 Å². The van der Waals surface area contributed by atoms with Crippen molar-refractivity contribution < 1.29 is 9.84 Å². The summed E-state index contributed by atoms with van der Waals surface area (Å²) in [6.07, 6.45) is 8.52. The van der Waals surface area contributed by atoms with Crippen LogP contribution in [-0.2, 0) is 12.8 Å². The molecule has 19 heavy (non-hydrogen) atoms. The highest BCUT2D eigenvalue weighted by molar-refractivity contribution is 5.38. The Kier molecular flexibility index (Phi) is 4.87. The second-order valence-corrected chi connectivity index (χ2v) is 5.85. The van der Waals surface area contributed by atoms with E-state index >= 15 is 0 Å². The topological polar surface area (TPSA) is 29.5 Å². The first-order valence-electron chi connectivity index (χ1n) is 7.55. The molecule has 0 aromatic heterocycles. The third kappa shape index (κ3) is 3.73. The van der Waals surface area contributed by atoms with Gasteiger partial charge >= 0.3 is 0 Å². The second-order valence-electron chi connectivity index (χ2n) is 5.85. The maximum atomic E-state index is 10.7. The molecule has 0 radical (unpaired) electrons. The molecule has 2 rings (SSSR count). The minimum atomic E-state index is -0.493. The molecule has 0 spiro atoms. The van der Waals surface area contributed by atoms with Crippen molar-refractivity contribution in [3.8, 4) is 5.75 Å². The number of hydrogen-bond donors (Lipinski definition) is 1. The minimum Gasteiger partial charge on any atom is -0.497 e. The Morgan fingerprint density at radius 1 is 1.21 bits per heavy atom. The quantitative estimate of drug-likeness (QED) is 0.788. The largest absolute Gasteiger partial charge is 0.497 e. The third-order valence-corrected chi connectivity index (χ3v) is 4.29. The van der Waals surface area contributed by atoms with Crippen LogP contribution in [0.15, 0.2) is 18.2 Å². The Hall–Kier alpha value is -1.02. The van der Waals surface area contributed by atoms with E-state index in [1.165, 1.54) is 30.4 Å². The van der Waals surface area contributed by atoms with Crippen molar-refractivity contribution in [3.05, 3.63) is 29.3 Å². The Morgan fingerprint density at radius 3 is 2.79 bits per heavy atom. The van der Waals surface area contributed by atoms with Gasteiger partial charge in [-0.15, -0.1) is 0 Å². The number of rotatable bonds is 6. The first-order chi connectivity index (χ1) is 9.17. The van der Waals surface area contributed by atoms with E-state index in [1.807, 2.05) is 6.07 Å². The molecule has 0 amide bonds. The monoisotopic (exact) mass is 262 g/mol. The molecule has 2 heteroatoms. The first kappa shape index (κ1) is 14.4. The summed E-state index contributed by atoms with van der Waals surface area (Å²) < 4.78 is 5.28. The van der Waals surface area contributed by atoms with Gasteiger partial charge in [-0.2, -0.15) is 0 Å². The molecule has 2 nitrogen and oxygen atoms in total. The fraction of sp³-hybridized carbons (Fsp3) is 0.647. The molecule has 1 aromatic carbocycles. The Labute approximate surface area is 116 Å². The zero-order valence-corrected chi connectivity index (χ0v) is 12.2. The van der Waals surface area contributed by atoms with Crippen LogP contribution in [0.3, 0.4) is 0 Å². The lowest BCUT2D eigenvalue weighted by Gasteiger charge is -2.34. The van der Waals surface area contributed by atoms with E-state index in [9.17, 15) is 5.11 Å². The number of aliphatic hydroxyl groups is 1.